The lowest BCUT2D eigenvalue weighted by Gasteiger charge is -2.02. The van der Waals surface area contributed by atoms with E-state index in [9.17, 15) is 9.59 Å². The second-order valence-electron chi connectivity index (χ2n) is 3.52. The number of thiazole rings is 1. The van der Waals surface area contributed by atoms with Crippen molar-refractivity contribution in [1.82, 2.24) is 4.98 Å². The molecular formula is C11H16N2O4S. The van der Waals surface area contributed by atoms with E-state index in [0.717, 1.165) is 5.69 Å². The normalized spacial score (nSPS) is 10.1. The van der Waals surface area contributed by atoms with Crippen LogP contribution in [0.2, 0.25) is 0 Å². The number of hydrogen-bond acceptors (Lipinski definition) is 6. The zero-order valence-electron chi connectivity index (χ0n) is 10.1. The van der Waals surface area contributed by atoms with Crippen molar-refractivity contribution < 1.29 is 19.4 Å². The molecule has 0 saturated heterocycles. The Labute approximate surface area is 109 Å². The molecule has 0 bridgehead atoms. The minimum Gasteiger partial charge on any atom is -0.481 e. The Bertz CT molecular complexity index is 406. The Kier molecular flexibility index (Phi) is 6.13. The van der Waals surface area contributed by atoms with Gasteiger partial charge >= 0.3 is 11.9 Å². The van der Waals surface area contributed by atoms with Crippen LogP contribution < -0.4 is 5.32 Å². The van der Waals surface area contributed by atoms with Crippen LogP contribution in [0, 0.1) is 0 Å². The van der Waals surface area contributed by atoms with Crippen LogP contribution in [0.25, 0.3) is 0 Å². The highest BCUT2D eigenvalue weighted by atomic mass is 32.1. The van der Waals surface area contributed by atoms with Crippen molar-refractivity contribution in [3.8, 4) is 0 Å². The SMILES string of the molecule is CCOC(=O)CCNc1nc(CCC(=O)O)cs1. The molecule has 0 aliphatic heterocycles. The molecule has 7 heteroatoms. The van der Waals surface area contributed by atoms with Crippen LogP contribution in [0.4, 0.5) is 5.13 Å². The van der Waals surface area contributed by atoms with Gasteiger partial charge < -0.3 is 15.2 Å². The molecule has 0 aliphatic rings. The number of nitrogens with zero attached hydrogens (tertiary/aromatic N) is 1. The van der Waals surface area contributed by atoms with Gasteiger partial charge in [0.2, 0.25) is 0 Å². The molecule has 1 rings (SSSR count). The van der Waals surface area contributed by atoms with Crippen molar-refractivity contribution in [1.29, 1.82) is 0 Å². The Balaban J connectivity index is 2.26. The lowest BCUT2D eigenvalue weighted by Crippen LogP contribution is -2.11. The fraction of sp³-hybridized carbons (Fsp3) is 0.545. The van der Waals surface area contributed by atoms with Crippen molar-refractivity contribution in [3.63, 3.8) is 0 Å². The van der Waals surface area contributed by atoms with Gasteiger partial charge in [-0.3, -0.25) is 9.59 Å². The Morgan fingerprint density at radius 3 is 2.94 bits per heavy atom. The number of ether oxygens (including phenoxy) is 1. The predicted molar refractivity (Wildman–Crippen MR) is 67.8 cm³/mol. The van der Waals surface area contributed by atoms with E-state index in [2.05, 4.69) is 10.3 Å². The van der Waals surface area contributed by atoms with Crippen molar-refractivity contribution in [2.45, 2.75) is 26.2 Å². The number of hydrogen-bond donors (Lipinski definition) is 2. The predicted octanol–water partition coefficient (Wildman–Crippen LogP) is 1.53. The molecule has 1 aromatic rings. The van der Waals surface area contributed by atoms with Crippen molar-refractivity contribution in [2.24, 2.45) is 0 Å². The Morgan fingerprint density at radius 1 is 1.50 bits per heavy atom. The largest absolute Gasteiger partial charge is 0.481 e. The molecule has 0 unspecified atom stereocenters. The lowest BCUT2D eigenvalue weighted by molar-refractivity contribution is -0.142. The third kappa shape index (κ3) is 5.62. The average molecular weight is 272 g/mol. The smallest absolute Gasteiger partial charge is 0.307 e. The number of anilines is 1. The molecule has 0 amide bonds. The standard InChI is InChI=1S/C11H16N2O4S/c1-2-17-10(16)5-6-12-11-13-8(7-18-11)3-4-9(14)15/h7H,2-6H2,1H3,(H,12,13)(H,14,15). The fourth-order valence-corrected chi connectivity index (χ4v) is 2.02. The maximum absolute atomic E-state index is 11.1. The summed E-state index contributed by atoms with van der Waals surface area (Å²) in [4.78, 5) is 25.7. The van der Waals surface area contributed by atoms with Gasteiger partial charge in [-0.05, 0) is 6.92 Å². The summed E-state index contributed by atoms with van der Waals surface area (Å²) < 4.78 is 4.79. The van der Waals surface area contributed by atoms with E-state index in [4.69, 9.17) is 9.84 Å². The zero-order chi connectivity index (χ0) is 13.4. The number of carboxylic acid groups (broad SMARTS) is 1. The summed E-state index contributed by atoms with van der Waals surface area (Å²) in [6.07, 6.45) is 0.787. The summed E-state index contributed by atoms with van der Waals surface area (Å²) in [6.45, 7) is 2.61. The first-order valence-electron chi connectivity index (χ1n) is 5.67. The molecule has 0 radical (unpaired) electrons. The molecule has 0 saturated carbocycles. The van der Waals surface area contributed by atoms with E-state index in [1.165, 1.54) is 11.3 Å². The van der Waals surface area contributed by atoms with E-state index in [1.807, 2.05) is 5.38 Å². The first kappa shape index (κ1) is 14.4. The van der Waals surface area contributed by atoms with Crippen molar-refractivity contribution in [3.05, 3.63) is 11.1 Å². The third-order valence-corrected chi connectivity index (χ3v) is 2.91. The maximum atomic E-state index is 11.1. The number of aromatic nitrogens is 1. The molecule has 0 fully saturated rings. The molecular weight excluding hydrogens is 256 g/mol. The van der Waals surface area contributed by atoms with Gasteiger partial charge in [0.25, 0.3) is 0 Å². The van der Waals surface area contributed by atoms with Gasteiger partial charge in [-0.1, -0.05) is 0 Å². The number of aliphatic carboxylic acids is 1. The topological polar surface area (TPSA) is 88.5 Å². The highest BCUT2D eigenvalue weighted by Gasteiger charge is 2.05. The number of esters is 1. The van der Waals surface area contributed by atoms with Crippen LogP contribution in [0.3, 0.4) is 0 Å². The van der Waals surface area contributed by atoms with Crippen molar-refractivity contribution in [2.75, 3.05) is 18.5 Å². The second kappa shape index (κ2) is 7.65. The number of rotatable bonds is 8. The average Bonchev–Trinajstić information content (AvgIpc) is 2.75. The maximum Gasteiger partial charge on any atom is 0.307 e. The number of aryl methyl sites for hydroxylation is 1. The van der Waals surface area contributed by atoms with E-state index < -0.39 is 5.97 Å². The molecule has 0 atom stereocenters. The van der Waals surface area contributed by atoms with Crippen molar-refractivity contribution >= 4 is 28.4 Å². The highest BCUT2D eigenvalue weighted by Crippen LogP contribution is 2.16. The molecule has 1 aromatic heterocycles. The lowest BCUT2D eigenvalue weighted by atomic mass is 10.2. The van der Waals surface area contributed by atoms with Crippen LogP contribution >= 0.6 is 11.3 Å². The molecule has 100 valence electrons. The van der Waals surface area contributed by atoms with Crippen LogP contribution in [-0.4, -0.2) is 35.2 Å². The van der Waals surface area contributed by atoms with E-state index in [0.29, 0.717) is 24.7 Å². The number of carboxylic acids is 1. The third-order valence-electron chi connectivity index (χ3n) is 2.06. The van der Waals surface area contributed by atoms with Gasteiger partial charge in [-0.25, -0.2) is 4.98 Å². The first-order valence-corrected chi connectivity index (χ1v) is 6.55. The summed E-state index contributed by atoms with van der Waals surface area (Å²) in [5.74, 6) is -1.08. The second-order valence-corrected chi connectivity index (χ2v) is 4.38. The van der Waals surface area contributed by atoms with Gasteiger partial charge in [0.15, 0.2) is 5.13 Å². The monoisotopic (exact) mass is 272 g/mol. The summed E-state index contributed by atoms with van der Waals surface area (Å²) in [5.41, 5.74) is 0.751. The quantitative estimate of drug-likeness (QED) is 0.698. The molecule has 0 aliphatic carbocycles. The number of carbonyl (C=O) groups excluding carboxylic acids is 1. The minimum absolute atomic E-state index is 0.0754. The summed E-state index contributed by atoms with van der Waals surface area (Å²) >= 11 is 1.40. The van der Waals surface area contributed by atoms with Crippen LogP contribution in [-0.2, 0) is 20.7 Å². The van der Waals surface area contributed by atoms with Crippen LogP contribution in [0.15, 0.2) is 5.38 Å². The summed E-state index contributed by atoms with van der Waals surface area (Å²) in [7, 11) is 0. The number of nitrogens with one attached hydrogen (secondary N) is 1. The van der Waals surface area contributed by atoms with E-state index in [1.54, 1.807) is 6.92 Å². The molecule has 0 aromatic carbocycles. The molecule has 18 heavy (non-hydrogen) atoms. The molecule has 2 N–H and O–H groups in total. The minimum atomic E-state index is -0.833. The zero-order valence-corrected chi connectivity index (χ0v) is 11.0. The number of carbonyl (C=O) groups is 2. The summed E-state index contributed by atoms with van der Waals surface area (Å²) in [6, 6.07) is 0. The van der Waals surface area contributed by atoms with Gasteiger partial charge in [0.05, 0.1) is 25.1 Å². The molecule has 1 heterocycles. The van der Waals surface area contributed by atoms with Gasteiger partial charge in [-0.2, -0.15) is 0 Å². The van der Waals surface area contributed by atoms with E-state index in [-0.39, 0.29) is 18.8 Å². The molecule has 0 spiro atoms. The van der Waals surface area contributed by atoms with Crippen LogP contribution in [0.1, 0.15) is 25.5 Å². The van der Waals surface area contributed by atoms with Gasteiger partial charge in [-0.15, -0.1) is 11.3 Å². The molecule has 6 nitrogen and oxygen atoms in total. The first-order chi connectivity index (χ1) is 8.61. The Morgan fingerprint density at radius 2 is 2.28 bits per heavy atom. The summed E-state index contributed by atoms with van der Waals surface area (Å²) in [5, 5.41) is 14.1. The van der Waals surface area contributed by atoms with Gasteiger partial charge in [0.1, 0.15) is 0 Å². The van der Waals surface area contributed by atoms with Gasteiger partial charge in [0, 0.05) is 18.3 Å². The fourth-order valence-electron chi connectivity index (χ4n) is 1.24. The Hall–Kier alpha value is -1.63. The van der Waals surface area contributed by atoms with E-state index >= 15 is 0 Å². The van der Waals surface area contributed by atoms with Crippen LogP contribution in [0.5, 0.6) is 0 Å². The highest BCUT2D eigenvalue weighted by molar-refractivity contribution is 7.13.